The highest BCUT2D eigenvalue weighted by molar-refractivity contribution is 5.11. The summed E-state index contributed by atoms with van der Waals surface area (Å²) in [6.45, 7) is 9.56. The first-order valence-corrected chi connectivity index (χ1v) is 4.06. The zero-order chi connectivity index (χ0) is 8.91. The van der Waals surface area contributed by atoms with Crippen LogP contribution in [0.5, 0.6) is 0 Å². The fourth-order valence-electron chi connectivity index (χ4n) is 0.933. The summed E-state index contributed by atoms with van der Waals surface area (Å²) in [6.07, 6.45) is 5.32. The van der Waals surface area contributed by atoms with Crippen LogP contribution in [0.3, 0.4) is 0 Å². The molecule has 1 N–H and O–H groups in total. The Bertz CT molecular complexity index is 158. The molecule has 0 spiro atoms. The molecule has 0 aliphatic carbocycles. The van der Waals surface area contributed by atoms with Crippen LogP contribution >= 0.6 is 0 Å². The summed E-state index contributed by atoms with van der Waals surface area (Å²) in [5.41, 5.74) is 0.157. The lowest BCUT2D eigenvalue weighted by Gasteiger charge is -2.25. The number of aliphatic hydroxyl groups is 1. The van der Waals surface area contributed by atoms with Crippen LogP contribution < -0.4 is 0 Å². The van der Waals surface area contributed by atoms with E-state index >= 15 is 0 Å². The first kappa shape index (κ1) is 10.4. The van der Waals surface area contributed by atoms with E-state index in [2.05, 4.69) is 6.58 Å². The predicted octanol–water partition coefficient (Wildman–Crippen LogP) is 2.67. The van der Waals surface area contributed by atoms with Gasteiger partial charge in [-0.25, -0.2) is 0 Å². The minimum Gasteiger partial charge on any atom is -0.385 e. The van der Waals surface area contributed by atoms with Crippen LogP contribution in [0.4, 0.5) is 0 Å². The molecule has 64 valence electrons. The zero-order valence-electron chi connectivity index (χ0n) is 7.72. The molecule has 0 amide bonds. The lowest BCUT2D eigenvalue weighted by Crippen LogP contribution is -2.27. The van der Waals surface area contributed by atoms with Crippen molar-refractivity contribution in [1.82, 2.24) is 0 Å². The molecule has 1 unspecified atom stereocenters. The van der Waals surface area contributed by atoms with Gasteiger partial charge in [0.2, 0.25) is 0 Å². The zero-order valence-corrected chi connectivity index (χ0v) is 7.72. The largest absolute Gasteiger partial charge is 0.385 e. The Balaban J connectivity index is 4.22. The van der Waals surface area contributed by atoms with Gasteiger partial charge in [-0.2, -0.15) is 0 Å². The Morgan fingerprint density at radius 1 is 1.64 bits per heavy atom. The van der Waals surface area contributed by atoms with Crippen molar-refractivity contribution < 1.29 is 5.11 Å². The Kier molecular flexibility index (Phi) is 4.12. The van der Waals surface area contributed by atoms with E-state index in [1.807, 2.05) is 32.9 Å². The fourth-order valence-corrected chi connectivity index (χ4v) is 0.933. The lowest BCUT2D eigenvalue weighted by atomic mass is 9.89. The molecule has 1 heteroatoms. The number of rotatable bonds is 4. The van der Waals surface area contributed by atoms with Crippen molar-refractivity contribution in [3.05, 3.63) is 24.3 Å². The second-order valence-electron chi connectivity index (χ2n) is 2.94. The van der Waals surface area contributed by atoms with E-state index in [-0.39, 0.29) is 0 Å². The molecule has 11 heavy (non-hydrogen) atoms. The molecule has 0 rings (SSSR count). The molecule has 0 aromatic heterocycles. The van der Waals surface area contributed by atoms with Crippen molar-refractivity contribution in [2.75, 3.05) is 0 Å². The summed E-state index contributed by atoms with van der Waals surface area (Å²) in [6, 6.07) is 0. The van der Waals surface area contributed by atoms with Gasteiger partial charge < -0.3 is 5.11 Å². The minimum absolute atomic E-state index is 0.676. The van der Waals surface area contributed by atoms with E-state index in [4.69, 9.17) is 0 Å². The third-order valence-electron chi connectivity index (χ3n) is 2.07. The van der Waals surface area contributed by atoms with Crippen molar-refractivity contribution in [1.29, 1.82) is 0 Å². The van der Waals surface area contributed by atoms with Crippen molar-refractivity contribution in [3.8, 4) is 0 Å². The van der Waals surface area contributed by atoms with Crippen molar-refractivity contribution in [3.63, 3.8) is 0 Å². The van der Waals surface area contributed by atoms with Gasteiger partial charge in [-0.05, 0) is 32.3 Å². The van der Waals surface area contributed by atoms with Crippen LogP contribution in [0, 0.1) is 0 Å². The molecule has 0 saturated carbocycles. The van der Waals surface area contributed by atoms with Gasteiger partial charge in [0.25, 0.3) is 0 Å². The van der Waals surface area contributed by atoms with E-state index in [9.17, 15) is 5.11 Å². The Morgan fingerprint density at radius 2 is 2.18 bits per heavy atom. The predicted molar refractivity (Wildman–Crippen MR) is 49.5 cm³/mol. The van der Waals surface area contributed by atoms with Crippen LogP contribution in [-0.4, -0.2) is 10.7 Å². The maximum absolute atomic E-state index is 9.88. The van der Waals surface area contributed by atoms with Crippen molar-refractivity contribution >= 4 is 0 Å². The number of allylic oxidation sites excluding steroid dienone is 1. The number of hydrogen-bond acceptors (Lipinski definition) is 1. The van der Waals surface area contributed by atoms with Gasteiger partial charge >= 0.3 is 0 Å². The third-order valence-corrected chi connectivity index (χ3v) is 2.07. The van der Waals surface area contributed by atoms with Gasteiger partial charge in [0.1, 0.15) is 0 Å². The monoisotopic (exact) mass is 154 g/mol. The molecule has 1 nitrogen and oxygen atoms in total. The normalized spacial score (nSPS) is 16.7. The Morgan fingerprint density at radius 3 is 2.45 bits per heavy atom. The first-order valence-electron chi connectivity index (χ1n) is 4.06. The molecule has 0 aliphatic rings. The molecule has 0 bridgehead atoms. The van der Waals surface area contributed by atoms with Crippen LogP contribution in [0.2, 0.25) is 0 Å². The second kappa shape index (κ2) is 4.35. The van der Waals surface area contributed by atoms with Gasteiger partial charge in [-0.15, -0.1) is 0 Å². The van der Waals surface area contributed by atoms with Crippen LogP contribution in [0.15, 0.2) is 24.3 Å². The standard InChI is InChI=1S/C10H18O/c1-5-7-8-10(11,6-2)9(3)4/h5,7,11H,3,6,8H2,1-2,4H3. The fraction of sp³-hybridized carbons (Fsp3) is 0.600. The van der Waals surface area contributed by atoms with E-state index in [1.54, 1.807) is 0 Å². The van der Waals surface area contributed by atoms with E-state index < -0.39 is 5.60 Å². The molecule has 0 aromatic carbocycles. The van der Waals surface area contributed by atoms with Crippen LogP contribution in [0.25, 0.3) is 0 Å². The molecular formula is C10H18O. The quantitative estimate of drug-likeness (QED) is 0.617. The van der Waals surface area contributed by atoms with Gasteiger partial charge in [0, 0.05) is 0 Å². The maximum Gasteiger partial charge on any atom is 0.0883 e. The minimum atomic E-state index is -0.688. The average molecular weight is 154 g/mol. The Hall–Kier alpha value is -0.560. The third kappa shape index (κ3) is 2.89. The summed E-state index contributed by atoms with van der Waals surface area (Å²) in [7, 11) is 0. The molecule has 0 fully saturated rings. The van der Waals surface area contributed by atoms with Gasteiger partial charge in [0.15, 0.2) is 0 Å². The first-order chi connectivity index (χ1) is 5.06. The van der Waals surface area contributed by atoms with Gasteiger partial charge in [-0.1, -0.05) is 25.7 Å². The molecule has 0 heterocycles. The molecule has 0 saturated heterocycles. The van der Waals surface area contributed by atoms with E-state index in [0.717, 1.165) is 12.0 Å². The Labute approximate surface area is 69.4 Å². The van der Waals surface area contributed by atoms with Gasteiger partial charge in [-0.3, -0.25) is 0 Å². The summed E-state index contributed by atoms with van der Waals surface area (Å²) < 4.78 is 0. The summed E-state index contributed by atoms with van der Waals surface area (Å²) in [4.78, 5) is 0. The van der Waals surface area contributed by atoms with Crippen molar-refractivity contribution in [2.45, 2.75) is 39.2 Å². The molecule has 0 aliphatic heterocycles. The average Bonchev–Trinajstić information content (AvgIpc) is 2.00. The smallest absolute Gasteiger partial charge is 0.0883 e. The molecular weight excluding hydrogens is 136 g/mol. The highest BCUT2D eigenvalue weighted by Crippen LogP contribution is 2.23. The van der Waals surface area contributed by atoms with Crippen molar-refractivity contribution in [2.24, 2.45) is 0 Å². The molecule has 1 atom stereocenters. The highest BCUT2D eigenvalue weighted by atomic mass is 16.3. The number of hydrogen-bond donors (Lipinski definition) is 1. The molecule has 0 aromatic rings. The topological polar surface area (TPSA) is 20.2 Å². The summed E-state index contributed by atoms with van der Waals surface area (Å²) in [5.74, 6) is 0. The van der Waals surface area contributed by atoms with E-state index in [0.29, 0.717) is 6.42 Å². The lowest BCUT2D eigenvalue weighted by molar-refractivity contribution is 0.0778. The SMILES string of the molecule is C=C(C)C(O)(CC)CC=CC. The summed E-state index contributed by atoms with van der Waals surface area (Å²) in [5, 5.41) is 9.88. The second-order valence-corrected chi connectivity index (χ2v) is 2.94. The van der Waals surface area contributed by atoms with Gasteiger partial charge in [0.05, 0.1) is 5.60 Å². The summed E-state index contributed by atoms with van der Waals surface area (Å²) >= 11 is 0. The van der Waals surface area contributed by atoms with E-state index in [1.165, 1.54) is 0 Å². The van der Waals surface area contributed by atoms with Crippen LogP contribution in [-0.2, 0) is 0 Å². The van der Waals surface area contributed by atoms with Crippen LogP contribution in [0.1, 0.15) is 33.6 Å². The maximum atomic E-state index is 9.88. The highest BCUT2D eigenvalue weighted by Gasteiger charge is 2.23. The molecule has 0 radical (unpaired) electrons.